The van der Waals surface area contributed by atoms with Gasteiger partial charge in [0.1, 0.15) is 30.5 Å². The van der Waals surface area contributed by atoms with Crippen molar-refractivity contribution in [1.29, 1.82) is 0 Å². The van der Waals surface area contributed by atoms with E-state index >= 15 is 0 Å². The number of esters is 1. The Bertz CT molecular complexity index is 1340. The Hall–Kier alpha value is -3.31. The van der Waals surface area contributed by atoms with Crippen LogP contribution in [0.3, 0.4) is 0 Å². The van der Waals surface area contributed by atoms with Gasteiger partial charge in [0.05, 0.1) is 0 Å². The number of nitrogens with one attached hydrogen (secondary N) is 3. The fourth-order valence-electron chi connectivity index (χ4n) is 5.00. The molecule has 1 fully saturated rings. The predicted octanol–water partition coefficient (Wildman–Crippen LogP) is 3.36. The van der Waals surface area contributed by atoms with E-state index in [0.29, 0.717) is 6.42 Å². The number of amides is 3. The minimum absolute atomic E-state index is 0.0396. The lowest BCUT2D eigenvalue weighted by molar-refractivity contribution is -0.148. The van der Waals surface area contributed by atoms with Gasteiger partial charge in [-0.2, -0.15) is 0 Å². The summed E-state index contributed by atoms with van der Waals surface area (Å²) in [5.74, 6) is -2.23. The molecule has 0 saturated carbocycles. The number of hydrogen-bond donors (Lipinski definition) is 3. The van der Waals surface area contributed by atoms with Crippen LogP contribution in [0.25, 0.3) is 10.8 Å². The number of fused-ring (bicyclic) bond motifs is 8. The van der Waals surface area contributed by atoms with Crippen LogP contribution >= 0.6 is 21.6 Å². The second-order valence-electron chi connectivity index (χ2n) is 10.8. The van der Waals surface area contributed by atoms with E-state index in [0.717, 1.165) is 22.1 Å². The molecule has 0 spiro atoms. The third-order valence-electron chi connectivity index (χ3n) is 7.31. The zero-order chi connectivity index (χ0) is 30.1. The Labute approximate surface area is 253 Å². The topological polar surface area (TPSA) is 131 Å². The third-order valence-corrected chi connectivity index (χ3v) is 9.76. The molecule has 224 valence electrons. The predicted molar refractivity (Wildman–Crippen MR) is 166 cm³/mol. The Morgan fingerprint density at radius 1 is 0.905 bits per heavy atom. The summed E-state index contributed by atoms with van der Waals surface area (Å²) in [6.07, 6.45) is 3.47. The van der Waals surface area contributed by atoms with E-state index in [-0.39, 0.29) is 36.7 Å². The van der Waals surface area contributed by atoms with Gasteiger partial charge in [-0.3, -0.25) is 24.0 Å². The van der Waals surface area contributed by atoms with Crippen LogP contribution in [-0.4, -0.2) is 65.7 Å². The summed E-state index contributed by atoms with van der Waals surface area (Å²) >= 11 is 0. The smallest absolute Gasteiger partial charge is 0.326 e. The van der Waals surface area contributed by atoms with Crippen LogP contribution in [0.15, 0.2) is 54.6 Å². The summed E-state index contributed by atoms with van der Waals surface area (Å²) in [7, 11) is 3.01. The number of hydrogen-bond acceptors (Lipinski definition) is 8. The molecule has 2 aromatic carbocycles. The van der Waals surface area contributed by atoms with Gasteiger partial charge in [-0.05, 0) is 34.8 Å². The molecule has 11 heteroatoms. The van der Waals surface area contributed by atoms with E-state index in [9.17, 15) is 24.0 Å². The average Bonchev–Trinajstić information content (AvgIpc) is 2.96. The van der Waals surface area contributed by atoms with Crippen LogP contribution in [0.4, 0.5) is 0 Å². The lowest BCUT2D eigenvalue weighted by atomic mass is 9.88. The molecule has 0 aliphatic carbocycles. The van der Waals surface area contributed by atoms with Crippen LogP contribution < -0.4 is 16.0 Å². The minimum atomic E-state index is -1.02. The largest absolute Gasteiger partial charge is 0.456 e. The molecule has 4 atom stereocenters. The summed E-state index contributed by atoms with van der Waals surface area (Å²) in [4.78, 5) is 66.4. The van der Waals surface area contributed by atoms with Crippen molar-refractivity contribution in [2.75, 3.05) is 18.1 Å². The number of ketones is 1. The standard InChI is InChI=1S/C31H37N3O6S2/c1-19(2)25-16-22(35)15-23-11-5-6-13-41-42-18-27(34-29(25)37)31(39)33-26(30(38)32-17-28(36)40-23)14-21-10-7-9-20-8-3-4-12-24(20)21/h3-5,7-12,19,23,25-27H,6,13-18H2,1-2H3,(H,32,38)(H,33,39)(H,34,37)/b11-5+/t23-,25-,26-,27-/m1/s1. The number of ether oxygens (including phenoxy) is 1. The molecule has 0 unspecified atom stereocenters. The van der Waals surface area contributed by atoms with E-state index in [4.69, 9.17) is 4.74 Å². The van der Waals surface area contributed by atoms with Crippen molar-refractivity contribution < 1.29 is 28.7 Å². The number of carbonyl (C=O) groups excluding carboxylic acids is 5. The molecule has 2 aliphatic rings. The summed E-state index contributed by atoms with van der Waals surface area (Å²) in [6.45, 7) is 3.29. The van der Waals surface area contributed by atoms with Crippen molar-refractivity contribution in [2.24, 2.45) is 11.8 Å². The SMILES string of the molecule is CC(C)[C@H]1CC(=O)C[C@H]2/C=C/CCSSC[C@@H](NC1=O)C(=O)N[C@H](Cc1cccc3ccccc13)C(=O)NCC(=O)O2. The van der Waals surface area contributed by atoms with Gasteiger partial charge in [0.15, 0.2) is 0 Å². The Morgan fingerprint density at radius 2 is 1.69 bits per heavy atom. The van der Waals surface area contributed by atoms with Crippen LogP contribution in [0.2, 0.25) is 0 Å². The zero-order valence-corrected chi connectivity index (χ0v) is 25.4. The molecule has 2 aliphatic heterocycles. The minimum Gasteiger partial charge on any atom is -0.456 e. The van der Waals surface area contributed by atoms with Crippen LogP contribution in [-0.2, 0) is 35.1 Å². The van der Waals surface area contributed by atoms with E-state index in [1.165, 1.54) is 10.8 Å². The zero-order valence-electron chi connectivity index (χ0n) is 23.8. The van der Waals surface area contributed by atoms with Crippen molar-refractivity contribution in [1.82, 2.24) is 16.0 Å². The van der Waals surface area contributed by atoms with Crippen LogP contribution in [0, 0.1) is 11.8 Å². The van der Waals surface area contributed by atoms with Gasteiger partial charge < -0.3 is 20.7 Å². The lowest BCUT2D eigenvalue weighted by Gasteiger charge is -2.26. The highest BCUT2D eigenvalue weighted by Gasteiger charge is 2.33. The van der Waals surface area contributed by atoms with Gasteiger partial charge >= 0.3 is 5.97 Å². The summed E-state index contributed by atoms with van der Waals surface area (Å²) in [5, 5.41) is 10.3. The van der Waals surface area contributed by atoms with E-state index in [2.05, 4.69) is 16.0 Å². The van der Waals surface area contributed by atoms with Crippen molar-refractivity contribution in [3.8, 4) is 0 Å². The Balaban J connectivity index is 1.70. The maximum absolute atomic E-state index is 13.7. The van der Waals surface area contributed by atoms with Gasteiger partial charge in [-0.15, -0.1) is 0 Å². The van der Waals surface area contributed by atoms with E-state index in [1.807, 2.05) is 62.4 Å². The summed E-state index contributed by atoms with van der Waals surface area (Å²) in [6, 6.07) is 11.6. The molecule has 42 heavy (non-hydrogen) atoms. The van der Waals surface area contributed by atoms with Gasteiger partial charge in [0, 0.05) is 36.7 Å². The molecule has 4 rings (SSSR count). The summed E-state index contributed by atoms with van der Waals surface area (Å²) < 4.78 is 5.58. The van der Waals surface area contributed by atoms with Crippen molar-refractivity contribution in [3.63, 3.8) is 0 Å². The molecule has 2 bridgehead atoms. The lowest BCUT2D eigenvalue weighted by Crippen LogP contribution is -2.56. The first-order chi connectivity index (χ1) is 20.2. The van der Waals surface area contributed by atoms with Gasteiger partial charge in [0.25, 0.3) is 0 Å². The molecule has 2 aromatic rings. The Morgan fingerprint density at radius 3 is 2.50 bits per heavy atom. The first-order valence-corrected chi connectivity index (χ1v) is 16.7. The number of allylic oxidation sites excluding steroid dienone is 1. The second kappa shape index (κ2) is 15.2. The maximum Gasteiger partial charge on any atom is 0.326 e. The van der Waals surface area contributed by atoms with Crippen molar-refractivity contribution in [2.45, 2.75) is 57.7 Å². The highest BCUT2D eigenvalue weighted by molar-refractivity contribution is 8.76. The normalized spacial score (nSPS) is 26.1. The van der Waals surface area contributed by atoms with Gasteiger partial charge in [-0.1, -0.05) is 84.0 Å². The average molecular weight is 612 g/mol. The second-order valence-corrected chi connectivity index (χ2v) is 13.5. The molecule has 0 aromatic heterocycles. The monoisotopic (exact) mass is 611 g/mol. The molecular weight excluding hydrogens is 574 g/mol. The third kappa shape index (κ3) is 8.84. The van der Waals surface area contributed by atoms with E-state index in [1.54, 1.807) is 16.9 Å². The molecular formula is C31H37N3O6S2. The molecule has 9 nitrogen and oxygen atoms in total. The van der Waals surface area contributed by atoms with Crippen molar-refractivity contribution in [3.05, 3.63) is 60.2 Å². The van der Waals surface area contributed by atoms with Crippen molar-refractivity contribution >= 4 is 61.8 Å². The first-order valence-electron chi connectivity index (χ1n) is 14.2. The molecule has 1 saturated heterocycles. The molecule has 3 N–H and O–H groups in total. The fraction of sp³-hybridized carbons (Fsp3) is 0.452. The maximum atomic E-state index is 13.7. The molecule has 2 heterocycles. The first kappa shape index (κ1) is 31.6. The molecule has 0 radical (unpaired) electrons. The number of benzene rings is 2. The van der Waals surface area contributed by atoms with Gasteiger partial charge in [0.2, 0.25) is 17.7 Å². The van der Waals surface area contributed by atoms with E-state index < -0.39 is 54.3 Å². The van der Waals surface area contributed by atoms with Crippen LogP contribution in [0.5, 0.6) is 0 Å². The fourth-order valence-corrected chi connectivity index (χ4v) is 7.16. The van der Waals surface area contributed by atoms with Crippen LogP contribution in [0.1, 0.15) is 38.7 Å². The van der Waals surface area contributed by atoms with Gasteiger partial charge in [-0.25, -0.2) is 0 Å². The number of rotatable bonds is 3. The number of Topliss-reactive ketones (excluding diaryl/α,β-unsaturated/α-hetero) is 1. The quantitative estimate of drug-likeness (QED) is 0.274. The molecule has 3 amide bonds. The number of carbonyl (C=O) groups is 5. The Kier molecular flexibility index (Phi) is 11.5. The summed E-state index contributed by atoms with van der Waals surface area (Å²) in [5.41, 5.74) is 0.852. The highest BCUT2D eigenvalue weighted by atomic mass is 33.1. The highest BCUT2D eigenvalue weighted by Crippen LogP contribution is 2.25.